The number of ether oxygens (including phenoxy) is 1. The van der Waals surface area contributed by atoms with Crippen LogP contribution in [0.15, 0.2) is 22.7 Å². The van der Waals surface area contributed by atoms with Gasteiger partial charge in [-0.2, -0.15) is 0 Å². The topological polar surface area (TPSA) is 9.23 Å². The molecule has 0 aromatic heterocycles. The highest BCUT2D eigenvalue weighted by Gasteiger charge is 2.27. The van der Waals surface area contributed by atoms with Crippen LogP contribution in [-0.4, -0.2) is 5.60 Å². The van der Waals surface area contributed by atoms with Crippen LogP contribution in [0.3, 0.4) is 0 Å². The second-order valence-electron chi connectivity index (χ2n) is 3.92. The third kappa shape index (κ3) is 1.73. The van der Waals surface area contributed by atoms with E-state index in [2.05, 4.69) is 36.2 Å². The monoisotopic (exact) mass is 239 g/mol. The summed E-state index contributed by atoms with van der Waals surface area (Å²) in [4.78, 5) is 0. The Morgan fingerprint density at radius 2 is 2.15 bits per heavy atom. The van der Waals surface area contributed by atoms with E-state index < -0.39 is 0 Å². The van der Waals surface area contributed by atoms with E-state index in [4.69, 9.17) is 4.74 Å². The lowest BCUT2D eigenvalue weighted by molar-refractivity contribution is 0.0986. The van der Waals surface area contributed by atoms with Crippen LogP contribution in [0.5, 0.6) is 5.75 Å². The number of hydrogen-bond donors (Lipinski definition) is 0. The van der Waals surface area contributed by atoms with Gasteiger partial charge in [-0.1, -0.05) is 22.0 Å². The van der Waals surface area contributed by atoms with E-state index in [1.165, 1.54) is 5.56 Å². The first-order valence-electron chi connectivity index (χ1n) is 4.39. The Morgan fingerprint density at radius 3 is 2.92 bits per heavy atom. The van der Waals surface area contributed by atoms with Crippen molar-refractivity contribution >= 4 is 15.9 Å². The molecule has 0 aliphatic carbocycles. The highest BCUT2D eigenvalue weighted by atomic mass is 79.9. The fourth-order valence-corrected chi connectivity index (χ4v) is 2.00. The van der Waals surface area contributed by atoms with Gasteiger partial charge in [0, 0.05) is 10.0 Å². The minimum Gasteiger partial charge on any atom is -0.488 e. The number of halogens is 1. The van der Waals surface area contributed by atoms with E-state index in [0.717, 1.165) is 16.6 Å². The fourth-order valence-electron chi connectivity index (χ4n) is 1.49. The summed E-state index contributed by atoms with van der Waals surface area (Å²) < 4.78 is 6.95. The molecule has 0 atom stereocenters. The standard InChI is InChI=1S/C11H12BrO/c1-11(2)7-6-8-9(12)4-3-5-10(8)13-11/h3-6H,7H2,1-2H3. The van der Waals surface area contributed by atoms with Gasteiger partial charge >= 0.3 is 0 Å². The van der Waals surface area contributed by atoms with Gasteiger partial charge in [0.1, 0.15) is 11.4 Å². The van der Waals surface area contributed by atoms with Gasteiger partial charge in [0.2, 0.25) is 0 Å². The molecule has 0 amide bonds. The van der Waals surface area contributed by atoms with Crippen LogP contribution in [-0.2, 0) is 0 Å². The van der Waals surface area contributed by atoms with Gasteiger partial charge in [0.25, 0.3) is 0 Å². The molecule has 13 heavy (non-hydrogen) atoms. The molecular formula is C11H12BrO. The molecule has 69 valence electrons. The van der Waals surface area contributed by atoms with Gasteiger partial charge in [-0.15, -0.1) is 0 Å². The quantitative estimate of drug-likeness (QED) is 0.673. The average molecular weight is 240 g/mol. The third-order valence-corrected chi connectivity index (χ3v) is 2.89. The van der Waals surface area contributed by atoms with Crippen molar-refractivity contribution in [1.29, 1.82) is 0 Å². The second kappa shape index (κ2) is 3.02. The summed E-state index contributed by atoms with van der Waals surface area (Å²) in [5.41, 5.74) is 1.12. The van der Waals surface area contributed by atoms with Crippen LogP contribution in [0.25, 0.3) is 0 Å². The Kier molecular flexibility index (Phi) is 2.11. The lowest BCUT2D eigenvalue weighted by atomic mass is 9.94. The zero-order valence-electron chi connectivity index (χ0n) is 7.80. The van der Waals surface area contributed by atoms with Crippen LogP contribution in [0, 0.1) is 6.42 Å². The van der Waals surface area contributed by atoms with Crippen molar-refractivity contribution in [1.82, 2.24) is 0 Å². The van der Waals surface area contributed by atoms with E-state index >= 15 is 0 Å². The SMILES string of the molecule is CC1(C)C[CH]c2c(Br)cccc2O1. The molecule has 1 aromatic rings. The molecule has 0 spiro atoms. The van der Waals surface area contributed by atoms with Crippen molar-refractivity contribution < 1.29 is 4.74 Å². The van der Waals surface area contributed by atoms with E-state index in [0.29, 0.717) is 0 Å². The van der Waals surface area contributed by atoms with Crippen LogP contribution in [0.4, 0.5) is 0 Å². The van der Waals surface area contributed by atoms with Gasteiger partial charge < -0.3 is 4.74 Å². The van der Waals surface area contributed by atoms with Crippen molar-refractivity contribution in [3.63, 3.8) is 0 Å². The van der Waals surface area contributed by atoms with Gasteiger partial charge in [0.15, 0.2) is 0 Å². The van der Waals surface area contributed by atoms with Gasteiger partial charge in [-0.3, -0.25) is 0 Å². The smallest absolute Gasteiger partial charge is 0.124 e. The van der Waals surface area contributed by atoms with E-state index in [1.807, 2.05) is 18.2 Å². The maximum atomic E-state index is 5.84. The summed E-state index contributed by atoms with van der Waals surface area (Å²) in [5.74, 6) is 0.977. The molecule has 0 saturated heterocycles. The minimum absolute atomic E-state index is 0.0617. The van der Waals surface area contributed by atoms with E-state index in [1.54, 1.807) is 0 Å². The maximum Gasteiger partial charge on any atom is 0.124 e. The molecule has 1 aliphatic rings. The predicted octanol–water partition coefficient (Wildman–Crippen LogP) is 3.56. The molecule has 1 radical (unpaired) electrons. The van der Waals surface area contributed by atoms with Crippen molar-refractivity contribution in [2.24, 2.45) is 0 Å². The van der Waals surface area contributed by atoms with Gasteiger partial charge in [-0.05, 0) is 38.8 Å². The molecule has 0 unspecified atom stereocenters. The lowest BCUT2D eigenvalue weighted by Gasteiger charge is -2.32. The van der Waals surface area contributed by atoms with Gasteiger partial charge in [-0.25, -0.2) is 0 Å². The van der Waals surface area contributed by atoms with Crippen molar-refractivity contribution in [3.8, 4) is 5.75 Å². The summed E-state index contributed by atoms with van der Waals surface area (Å²) in [5, 5.41) is 0. The van der Waals surface area contributed by atoms with Gasteiger partial charge in [0.05, 0.1) is 0 Å². The molecule has 1 aromatic carbocycles. The molecular weight excluding hydrogens is 228 g/mol. The molecule has 1 heterocycles. The Morgan fingerprint density at radius 1 is 1.38 bits per heavy atom. The molecule has 2 heteroatoms. The second-order valence-corrected chi connectivity index (χ2v) is 4.78. The summed E-state index contributed by atoms with van der Waals surface area (Å²) in [6.07, 6.45) is 3.19. The first-order chi connectivity index (χ1) is 6.08. The Balaban J connectivity index is 2.42. The van der Waals surface area contributed by atoms with Crippen LogP contribution in [0.2, 0.25) is 0 Å². The Bertz CT molecular complexity index is 331. The molecule has 0 saturated carbocycles. The molecule has 0 fully saturated rings. The normalized spacial score (nSPS) is 19.0. The van der Waals surface area contributed by atoms with Crippen LogP contribution in [0.1, 0.15) is 25.8 Å². The summed E-state index contributed by atoms with van der Waals surface area (Å²) >= 11 is 3.51. The van der Waals surface area contributed by atoms with Crippen molar-refractivity contribution in [2.75, 3.05) is 0 Å². The molecule has 1 aliphatic heterocycles. The number of fused-ring (bicyclic) bond motifs is 1. The first-order valence-corrected chi connectivity index (χ1v) is 5.18. The Labute approximate surface area is 87.2 Å². The third-order valence-electron chi connectivity index (χ3n) is 2.20. The number of hydrogen-bond acceptors (Lipinski definition) is 1. The van der Waals surface area contributed by atoms with Crippen molar-refractivity contribution in [3.05, 3.63) is 34.7 Å². The van der Waals surface area contributed by atoms with Crippen LogP contribution >= 0.6 is 15.9 Å². The summed E-state index contributed by atoms with van der Waals surface area (Å²) in [6, 6.07) is 6.05. The van der Waals surface area contributed by atoms with E-state index in [9.17, 15) is 0 Å². The molecule has 2 rings (SSSR count). The zero-order valence-corrected chi connectivity index (χ0v) is 9.39. The number of benzene rings is 1. The van der Waals surface area contributed by atoms with Crippen molar-refractivity contribution in [2.45, 2.75) is 25.9 Å². The predicted molar refractivity (Wildman–Crippen MR) is 56.9 cm³/mol. The summed E-state index contributed by atoms with van der Waals surface area (Å²) in [6.45, 7) is 4.21. The highest BCUT2D eigenvalue weighted by molar-refractivity contribution is 9.10. The van der Waals surface area contributed by atoms with E-state index in [-0.39, 0.29) is 5.60 Å². The number of rotatable bonds is 0. The maximum absolute atomic E-state index is 5.84. The molecule has 0 bridgehead atoms. The van der Waals surface area contributed by atoms with Crippen LogP contribution < -0.4 is 4.74 Å². The highest BCUT2D eigenvalue weighted by Crippen LogP contribution is 2.37. The largest absolute Gasteiger partial charge is 0.488 e. The summed E-state index contributed by atoms with van der Waals surface area (Å²) in [7, 11) is 0. The lowest BCUT2D eigenvalue weighted by Crippen LogP contribution is -2.31. The molecule has 0 N–H and O–H groups in total. The Hall–Kier alpha value is -0.500. The minimum atomic E-state index is -0.0617. The average Bonchev–Trinajstić information content (AvgIpc) is 2.02. The first kappa shape index (κ1) is 9.07. The molecule has 1 nitrogen and oxygen atoms in total. The zero-order chi connectivity index (χ0) is 9.47. The fraction of sp³-hybridized carbons (Fsp3) is 0.364.